The van der Waals surface area contributed by atoms with Crippen molar-refractivity contribution in [2.75, 3.05) is 18.1 Å². The van der Waals surface area contributed by atoms with Crippen LogP contribution in [-0.2, 0) is 17.7 Å². The Bertz CT molecular complexity index is 732. The first kappa shape index (κ1) is 15.3. The first-order valence-electron chi connectivity index (χ1n) is 7.29. The Labute approximate surface area is 131 Å². The molecule has 3 heterocycles. The third-order valence-electron chi connectivity index (χ3n) is 3.65. The van der Waals surface area contributed by atoms with Gasteiger partial charge in [0.25, 0.3) is 0 Å². The van der Waals surface area contributed by atoms with E-state index >= 15 is 0 Å². The molecule has 2 aromatic rings. The summed E-state index contributed by atoms with van der Waals surface area (Å²) >= 11 is 0. The molecule has 3 rings (SSSR count). The van der Waals surface area contributed by atoms with Crippen molar-refractivity contribution >= 4 is 11.8 Å². The topological polar surface area (TPSA) is 55.3 Å². The lowest BCUT2D eigenvalue weighted by molar-refractivity contribution is 0.0519. The number of aromatic nitrogens is 2. The Morgan fingerprint density at radius 1 is 1.30 bits per heavy atom. The first-order valence-corrected chi connectivity index (χ1v) is 7.29. The molecule has 0 saturated carbocycles. The minimum absolute atomic E-state index is 0.252. The van der Waals surface area contributed by atoms with Gasteiger partial charge in [-0.25, -0.2) is 19.2 Å². The van der Waals surface area contributed by atoms with Gasteiger partial charge in [-0.15, -0.1) is 0 Å². The van der Waals surface area contributed by atoms with Crippen molar-refractivity contribution in [1.82, 2.24) is 9.97 Å². The molecule has 0 radical (unpaired) electrons. The van der Waals surface area contributed by atoms with Crippen LogP contribution in [0.25, 0.3) is 0 Å². The predicted octanol–water partition coefficient (Wildman–Crippen LogP) is 2.49. The molecule has 0 N–H and O–H groups in total. The summed E-state index contributed by atoms with van der Waals surface area (Å²) in [4.78, 5) is 21.3. The normalized spacial score (nSPS) is 13.6. The molecule has 0 aliphatic carbocycles. The van der Waals surface area contributed by atoms with Gasteiger partial charge < -0.3 is 9.64 Å². The number of halogens is 2. The molecular formula is C16H15F2N3O2. The highest BCUT2D eigenvalue weighted by molar-refractivity contribution is 5.87. The lowest BCUT2D eigenvalue weighted by Gasteiger charge is -2.29. The molecule has 0 amide bonds. The number of pyridine rings is 2. The van der Waals surface area contributed by atoms with E-state index in [0.29, 0.717) is 26.1 Å². The van der Waals surface area contributed by atoms with E-state index in [9.17, 15) is 13.6 Å². The second-order valence-corrected chi connectivity index (χ2v) is 5.20. The molecule has 7 heteroatoms. The molecule has 0 spiro atoms. The summed E-state index contributed by atoms with van der Waals surface area (Å²) in [6.07, 6.45) is 2.23. The molecule has 120 valence electrons. The molecule has 1 aliphatic rings. The molecule has 0 atom stereocenters. The monoisotopic (exact) mass is 319 g/mol. The number of anilines is 1. The Morgan fingerprint density at radius 2 is 2.13 bits per heavy atom. The zero-order chi connectivity index (χ0) is 16.4. The standard InChI is InChI=1S/C16H15F2N3O2/c1-2-23-16(22)13-5-10-3-4-21(9-11(10)8-19-13)15-7-12(17)6-14(18)20-15/h5-8H,2-4,9H2,1H3. The second kappa shape index (κ2) is 6.28. The summed E-state index contributed by atoms with van der Waals surface area (Å²) in [5.74, 6) is -1.70. The zero-order valence-electron chi connectivity index (χ0n) is 12.6. The summed E-state index contributed by atoms with van der Waals surface area (Å²) in [6, 6.07) is 3.66. The number of carbonyl (C=O) groups is 1. The van der Waals surface area contributed by atoms with Gasteiger partial charge in [0.05, 0.1) is 6.61 Å². The number of hydrogen-bond acceptors (Lipinski definition) is 5. The van der Waals surface area contributed by atoms with Crippen LogP contribution >= 0.6 is 0 Å². The van der Waals surface area contributed by atoms with Gasteiger partial charge >= 0.3 is 5.97 Å². The minimum atomic E-state index is -0.846. The highest BCUT2D eigenvalue weighted by Crippen LogP contribution is 2.24. The van der Waals surface area contributed by atoms with E-state index in [0.717, 1.165) is 17.2 Å². The van der Waals surface area contributed by atoms with Crippen LogP contribution in [0.1, 0.15) is 28.5 Å². The van der Waals surface area contributed by atoms with Gasteiger partial charge in [0.15, 0.2) is 0 Å². The summed E-state index contributed by atoms with van der Waals surface area (Å²) in [7, 11) is 0. The van der Waals surface area contributed by atoms with Crippen molar-refractivity contribution < 1.29 is 18.3 Å². The van der Waals surface area contributed by atoms with Crippen LogP contribution in [0.3, 0.4) is 0 Å². The number of hydrogen-bond donors (Lipinski definition) is 0. The molecule has 0 fully saturated rings. The van der Waals surface area contributed by atoms with Gasteiger partial charge in [-0.3, -0.25) is 0 Å². The average molecular weight is 319 g/mol. The number of rotatable bonds is 3. The van der Waals surface area contributed by atoms with Gasteiger partial charge in [0.2, 0.25) is 5.95 Å². The van der Waals surface area contributed by atoms with Gasteiger partial charge in [-0.1, -0.05) is 0 Å². The Hall–Kier alpha value is -2.57. The molecule has 23 heavy (non-hydrogen) atoms. The number of esters is 1. The van der Waals surface area contributed by atoms with Crippen LogP contribution < -0.4 is 4.90 Å². The maximum Gasteiger partial charge on any atom is 0.356 e. The Kier molecular flexibility index (Phi) is 4.18. The smallest absolute Gasteiger partial charge is 0.356 e. The maximum absolute atomic E-state index is 13.3. The SMILES string of the molecule is CCOC(=O)c1cc2c(cn1)CN(c1cc(F)cc(F)n1)CC2. The van der Waals surface area contributed by atoms with Crippen LogP contribution in [0.4, 0.5) is 14.6 Å². The lowest BCUT2D eigenvalue weighted by Crippen LogP contribution is -2.31. The number of fused-ring (bicyclic) bond motifs is 1. The summed E-state index contributed by atoms with van der Waals surface area (Å²) in [6.45, 7) is 3.01. The van der Waals surface area contributed by atoms with E-state index in [4.69, 9.17) is 4.74 Å². The highest BCUT2D eigenvalue weighted by Gasteiger charge is 2.21. The van der Waals surface area contributed by atoms with E-state index < -0.39 is 17.7 Å². The highest BCUT2D eigenvalue weighted by atomic mass is 19.1. The summed E-state index contributed by atoms with van der Waals surface area (Å²) < 4.78 is 31.5. The van der Waals surface area contributed by atoms with Crippen molar-refractivity contribution in [3.8, 4) is 0 Å². The van der Waals surface area contributed by atoms with Crippen LogP contribution in [0.5, 0.6) is 0 Å². The van der Waals surface area contributed by atoms with Crippen LogP contribution in [0.2, 0.25) is 0 Å². The van der Waals surface area contributed by atoms with Crippen LogP contribution in [-0.4, -0.2) is 29.1 Å². The Morgan fingerprint density at radius 3 is 2.87 bits per heavy atom. The van der Waals surface area contributed by atoms with E-state index in [1.165, 1.54) is 6.07 Å². The molecule has 5 nitrogen and oxygen atoms in total. The lowest BCUT2D eigenvalue weighted by atomic mass is 10.0. The quantitative estimate of drug-likeness (QED) is 0.643. The summed E-state index contributed by atoms with van der Waals surface area (Å²) in [5.41, 5.74) is 2.15. The third kappa shape index (κ3) is 3.28. The van der Waals surface area contributed by atoms with Crippen molar-refractivity contribution in [2.45, 2.75) is 19.9 Å². The molecule has 2 aromatic heterocycles. The van der Waals surface area contributed by atoms with Gasteiger partial charge in [-0.2, -0.15) is 4.39 Å². The van der Waals surface area contributed by atoms with Crippen molar-refractivity contribution in [3.63, 3.8) is 0 Å². The van der Waals surface area contributed by atoms with Gasteiger partial charge in [-0.05, 0) is 30.5 Å². The molecule has 0 aromatic carbocycles. The van der Waals surface area contributed by atoms with E-state index in [1.54, 1.807) is 24.1 Å². The Balaban J connectivity index is 1.82. The van der Waals surface area contributed by atoms with Gasteiger partial charge in [0, 0.05) is 31.4 Å². The first-order chi connectivity index (χ1) is 11.1. The fraction of sp³-hybridized carbons (Fsp3) is 0.312. The maximum atomic E-state index is 13.3. The van der Waals surface area contributed by atoms with Crippen molar-refractivity contribution in [2.24, 2.45) is 0 Å². The number of carbonyl (C=O) groups excluding carboxylic acids is 1. The van der Waals surface area contributed by atoms with Crippen LogP contribution in [0.15, 0.2) is 24.4 Å². The van der Waals surface area contributed by atoms with E-state index in [-0.39, 0.29) is 11.5 Å². The molecule has 0 unspecified atom stereocenters. The molecule has 1 aliphatic heterocycles. The summed E-state index contributed by atoms with van der Waals surface area (Å²) in [5, 5.41) is 0. The fourth-order valence-electron chi connectivity index (χ4n) is 2.57. The molecule has 0 saturated heterocycles. The predicted molar refractivity (Wildman–Crippen MR) is 79.1 cm³/mol. The minimum Gasteiger partial charge on any atom is -0.461 e. The van der Waals surface area contributed by atoms with Crippen molar-refractivity contribution in [1.29, 1.82) is 0 Å². The fourth-order valence-corrected chi connectivity index (χ4v) is 2.57. The van der Waals surface area contributed by atoms with Gasteiger partial charge in [0.1, 0.15) is 17.3 Å². The molecule has 0 bridgehead atoms. The largest absolute Gasteiger partial charge is 0.461 e. The van der Waals surface area contributed by atoms with E-state index in [1.807, 2.05) is 0 Å². The third-order valence-corrected chi connectivity index (χ3v) is 3.65. The zero-order valence-corrected chi connectivity index (χ0v) is 12.6. The number of ether oxygens (including phenoxy) is 1. The van der Waals surface area contributed by atoms with E-state index in [2.05, 4.69) is 9.97 Å². The second-order valence-electron chi connectivity index (χ2n) is 5.20. The number of nitrogens with zero attached hydrogens (tertiary/aromatic N) is 3. The van der Waals surface area contributed by atoms with Crippen LogP contribution in [0, 0.1) is 11.8 Å². The average Bonchev–Trinajstić information content (AvgIpc) is 2.53. The van der Waals surface area contributed by atoms with Crippen molar-refractivity contribution in [3.05, 3.63) is 53.0 Å². The molecular weight excluding hydrogens is 304 g/mol.